The summed E-state index contributed by atoms with van der Waals surface area (Å²) in [6, 6.07) is 22.1. The maximum absolute atomic E-state index is 14.1. The van der Waals surface area contributed by atoms with Crippen molar-refractivity contribution in [2.45, 2.75) is 19.8 Å². The van der Waals surface area contributed by atoms with E-state index in [0.717, 1.165) is 27.5 Å². The Labute approximate surface area is 150 Å². The zero-order valence-electron chi connectivity index (χ0n) is 13.0. The molecule has 0 spiro atoms. The zero-order chi connectivity index (χ0) is 16.2. The summed E-state index contributed by atoms with van der Waals surface area (Å²) in [5, 5.41) is 0. The Morgan fingerprint density at radius 1 is 0.783 bits per heavy atom. The third-order valence-electron chi connectivity index (χ3n) is 3.95. The molecule has 0 aliphatic rings. The quantitative estimate of drug-likeness (QED) is 0.415. The van der Waals surface area contributed by atoms with E-state index in [1.54, 1.807) is 6.07 Å². The van der Waals surface area contributed by atoms with Crippen molar-refractivity contribution in [3.63, 3.8) is 0 Å². The number of rotatable bonds is 4. The van der Waals surface area contributed by atoms with Gasteiger partial charge in [-0.1, -0.05) is 67.9 Å². The van der Waals surface area contributed by atoms with Gasteiger partial charge in [-0.2, -0.15) is 0 Å². The highest BCUT2D eigenvalue weighted by Gasteiger charge is 2.06. The Balaban J connectivity index is 1.86. The molecular formula is C21H18FI. The molecule has 0 amide bonds. The Bertz CT molecular complexity index is 789. The van der Waals surface area contributed by atoms with E-state index >= 15 is 0 Å². The van der Waals surface area contributed by atoms with Gasteiger partial charge in [-0.3, -0.25) is 0 Å². The van der Waals surface area contributed by atoms with Crippen molar-refractivity contribution in [3.05, 3.63) is 81.7 Å². The summed E-state index contributed by atoms with van der Waals surface area (Å²) in [6.07, 6.45) is 2.28. The standard InChI is InChI=1S/C21H18FI/c1-2-3-15-4-6-16(7-5-15)17-8-10-18(11-9-17)20-13-12-19(23)14-21(20)22/h4-14H,2-3H2,1H3. The van der Waals surface area contributed by atoms with Crippen LogP contribution in [0.25, 0.3) is 22.3 Å². The minimum atomic E-state index is -0.173. The molecule has 3 aromatic carbocycles. The third kappa shape index (κ3) is 3.81. The first-order chi connectivity index (χ1) is 11.2. The molecule has 0 bridgehead atoms. The van der Waals surface area contributed by atoms with Crippen molar-refractivity contribution < 1.29 is 4.39 Å². The average molecular weight is 416 g/mol. The van der Waals surface area contributed by atoms with Crippen LogP contribution in [0.2, 0.25) is 0 Å². The van der Waals surface area contributed by atoms with Gasteiger partial charge in [0.2, 0.25) is 0 Å². The van der Waals surface area contributed by atoms with Gasteiger partial charge >= 0.3 is 0 Å². The summed E-state index contributed by atoms with van der Waals surface area (Å²) >= 11 is 2.12. The van der Waals surface area contributed by atoms with Crippen molar-refractivity contribution in [3.8, 4) is 22.3 Å². The summed E-state index contributed by atoms with van der Waals surface area (Å²) in [7, 11) is 0. The first-order valence-electron chi connectivity index (χ1n) is 7.82. The number of halogens is 2. The van der Waals surface area contributed by atoms with Gasteiger partial charge in [-0.25, -0.2) is 4.39 Å². The van der Waals surface area contributed by atoms with E-state index < -0.39 is 0 Å². The van der Waals surface area contributed by atoms with Gasteiger partial charge in [0.05, 0.1) is 0 Å². The smallest absolute Gasteiger partial charge is 0.132 e. The van der Waals surface area contributed by atoms with Crippen molar-refractivity contribution >= 4 is 22.6 Å². The summed E-state index contributed by atoms with van der Waals surface area (Å²) in [4.78, 5) is 0. The lowest BCUT2D eigenvalue weighted by Crippen LogP contribution is -1.87. The summed E-state index contributed by atoms with van der Waals surface area (Å²) in [5.74, 6) is -0.173. The molecule has 0 atom stereocenters. The number of aryl methyl sites for hydroxylation is 1. The first-order valence-corrected chi connectivity index (χ1v) is 8.90. The summed E-state index contributed by atoms with van der Waals surface area (Å²) in [6.45, 7) is 2.19. The molecule has 116 valence electrons. The van der Waals surface area contributed by atoms with E-state index in [-0.39, 0.29) is 5.82 Å². The third-order valence-corrected chi connectivity index (χ3v) is 4.62. The first kappa shape index (κ1) is 16.2. The molecule has 3 aromatic rings. The minimum Gasteiger partial charge on any atom is -0.206 e. The molecule has 2 heteroatoms. The second-order valence-electron chi connectivity index (χ2n) is 5.65. The van der Waals surface area contributed by atoms with Crippen LogP contribution in [0.1, 0.15) is 18.9 Å². The van der Waals surface area contributed by atoms with E-state index in [2.05, 4.69) is 65.9 Å². The van der Waals surface area contributed by atoms with Gasteiger partial charge in [0, 0.05) is 9.13 Å². The molecule has 0 fully saturated rings. The predicted octanol–water partition coefficient (Wildman–Crippen LogP) is 6.72. The van der Waals surface area contributed by atoms with Crippen LogP contribution in [-0.2, 0) is 6.42 Å². The Morgan fingerprint density at radius 2 is 1.35 bits per heavy atom. The predicted molar refractivity (Wildman–Crippen MR) is 104 cm³/mol. The van der Waals surface area contributed by atoms with Crippen molar-refractivity contribution in [2.24, 2.45) is 0 Å². The highest BCUT2D eigenvalue weighted by molar-refractivity contribution is 14.1. The summed E-state index contributed by atoms with van der Waals surface area (Å²) in [5.41, 5.74) is 5.27. The highest BCUT2D eigenvalue weighted by Crippen LogP contribution is 2.27. The average Bonchev–Trinajstić information content (AvgIpc) is 2.56. The van der Waals surface area contributed by atoms with Gasteiger partial charge in [-0.05, 0) is 63.4 Å². The molecule has 0 saturated carbocycles. The molecular weight excluding hydrogens is 398 g/mol. The lowest BCUT2D eigenvalue weighted by atomic mass is 9.99. The molecule has 3 rings (SSSR count). The molecule has 0 radical (unpaired) electrons. The zero-order valence-corrected chi connectivity index (χ0v) is 15.2. The van der Waals surface area contributed by atoms with E-state index in [0.29, 0.717) is 5.56 Å². The lowest BCUT2D eigenvalue weighted by Gasteiger charge is -2.07. The molecule has 0 unspecified atom stereocenters. The molecule has 0 N–H and O–H groups in total. The largest absolute Gasteiger partial charge is 0.206 e. The Kier molecular flexibility index (Phi) is 5.11. The van der Waals surface area contributed by atoms with E-state index in [1.807, 2.05) is 24.3 Å². The van der Waals surface area contributed by atoms with Gasteiger partial charge < -0.3 is 0 Å². The van der Waals surface area contributed by atoms with Crippen molar-refractivity contribution in [1.29, 1.82) is 0 Å². The van der Waals surface area contributed by atoms with Crippen LogP contribution in [0.3, 0.4) is 0 Å². The van der Waals surface area contributed by atoms with Crippen LogP contribution < -0.4 is 0 Å². The van der Waals surface area contributed by atoms with Crippen LogP contribution in [-0.4, -0.2) is 0 Å². The van der Waals surface area contributed by atoms with Gasteiger partial charge in [0.1, 0.15) is 5.82 Å². The summed E-state index contributed by atoms with van der Waals surface area (Å²) < 4.78 is 15.0. The van der Waals surface area contributed by atoms with Crippen LogP contribution in [0.5, 0.6) is 0 Å². The molecule has 0 aromatic heterocycles. The molecule has 0 aliphatic carbocycles. The molecule has 0 aliphatic heterocycles. The second kappa shape index (κ2) is 7.26. The fraction of sp³-hybridized carbons (Fsp3) is 0.143. The fourth-order valence-corrected chi connectivity index (χ4v) is 3.17. The maximum atomic E-state index is 14.1. The van der Waals surface area contributed by atoms with Crippen LogP contribution in [0, 0.1) is 9.39 Å². The molecule has 0 saturated heterocycles. The SMILES string of the molecule is CCCc1ccc(-c2ccc(-c3ccc(I)cc3F)cc2)cc1. The van der Waals surface area contributed by atoms with Crippen molar-refractivity contribution in [1.82, 2.24) is 0 Å². The normalized spacial score (nSPS) is 10.7. The van der Waals surface area contributed by atoms with E-state index in [9.17, 15) is 4.39 Å². The van der Waals surface area contributed by atoms with Gasteiger partial charge in [-0.15, -0.1) is 0 Å². The molecule has 23 heavy (non-hydrogen) atoms. The Hall–Kier alpha value is -1.68. The number of hydrogen-bond acceptors (Lipinski definition) is 0. The minimum absolute atomic E-state index is 0.173. The van der Waals surface area contributed by atoms with E-state index in [4.69, 9.17) is 0 Å². The van der Waals surface area contributed by atoms with Gasteiger partial charge in [0.25, 0.3) is 0 Å². The topological polar surface area (TPSA) is 0 Å². The Morgan fingerprint density at radius 3 is 1.91 bits per heavy atom. The molecule has 0 heterocycles. The fourth-order valence-electron chi connectivity index (χ4n) is 2.72. The second-order valence-corrected chi connectivity index (χ2v) is 6.89. The van der Waals surface area contributed by atoms with Crippen LogP contribution in [0.4, 0.5) is 4.39 Å². The highest BCUT2D eigenvalue weighted by atomic mass is 127. The lowest BCUT2D eigenvalue weighted by molar-refractivity contribution is 0.630. The monoisotopic (exact) mass is 416 g/mol. The van der Waals surface area contributed by atoms with E-state index in [1.165, 1.54) is 11.1 Å². The van der Waals surface area contributed by atoms with Crippen LogP contribution >= 0.6 is 22.6 Å². The number of hydrogen-bond donors (Lipinski definition) is 0. The van der Waals surface area contributed by atoms with Crippen molar-refractivity contribution in [2.75, 3.05) is 0 Å². The van der Waals surface area contributed by atoms with Crippen LogP contribution in [0.15, 0.2) is 66.7 Å². The maximum Gasteiger partial charge on any atom is 0.132 e. The molecule has 0 nitrogen and oxygen atoms in total. The number of benzene rings is 3. The van der Waals surface area contributed by atoms with Gasteiger partial charge in [0.15, 0.2) is 0 Å².